The summed E-state index contributed by atoms with van der Waals surface area (Å²) in [6, 6.07) is -1.77. The number of carboxylic acid groups (broad SMARTS) is 2. The molecule has 0 unspecified atom stereocenters. The predicted octanol–water partition coefficient (Wildman–Crippen LogP) is -0.894. The van der Waals surface area contributed by atoms with E-state index in [4.69, 9.17) is 4.74 Å². The zero-order valence-electron chi connectivity index (χ0n) is 11.8. The van der Waals surface area contributed by atoms with Crippen LogP contribution in [0.2, 0.25) is 0 Å². The average molecular weight is 310 g/mol. The van der Waals surface area contributed by atoms with E-state index >= 15 is 0 Å². The van der Waals surface area contributed by atoms with Crippen LogP contribution in [0.25, 0.3) is 0 Å². The Labute approximate surface area is 126 Å². The van der Waals surface area contributed by atoms with Gasteiger partial charge in [-0.3, -0.25) is 9.59 Å². The summed E-state index contributed by atoms with van der Waals surface area (Å²) in [6.45, 7) is 0.666. The lowest BCUT2D eigenvalue weighted by Gasteiger charge is -2.29. The summed E-state index contributed by atoms with van der Waals surface area (Å²) < 4.78 is 5.87. The first-order chi connectivity index (χ1) is 10.5. The minimum atomic E-state index is -1.56. The van der Waals surface area contributed by atoms with E-state index in [0.29, 0.717) is 6.54 Å². The second kappa shape index (κ2) is 5.36. The van der Waals surface area contributed by atoms with Gasteiger partial charge in [-0.2, -0.15) is 0 Å². The Hall–Kier alpha value is -1.93. The second-order valence-corrected chi connectivity index (χ2v) is 5.92. The van der Waals surface area contributed by atoms with E-state index in [9.17, 15) is 24.6 Å². The van der Waals surface area contributed by atoms with Crippen molar-refractivity contribution in [2.75, 3.05) is 6.54 Å². The molecule has 0 bridgehead atoms. The molecule has 3 aliphatic rings. The molecule has 8 heteroatoms. The van der Waals surface area contributed by atoms with Gasteiger partial charge in [-0.15, -0.1) is 0 Å². The monoisotopic (exact) mass is 310 g/mol. The molecule has 0 aromatic carbocycles. The van der Waals surface area contributed by atoms with E-state index in [0.717, 1.165) is 12.8 Å². The Kier molecular flexibility index (Phi) is 3.65. The van der Waals surface area contributed by atoms with Crippen molar-refractivity contribution in [3.05, 3.63) is 12.2 Å². The summed E-state index contributed by atoms with van der Waals surface area (Å²) in [6.07, 6.45) is 4.44. The molecule has 3 heterocycles. The van der Waals surface area contributed by atoms with Crippen molar-refractivity contribution in [2.24, 2.45) is 5.92 Å². The highest BCUT2D eigenvalue weighted by Gasteiger charge is 2.68. The molecule has 2 fully saturated rings. The van der Waals surface area contributed by atoms with E-state index in [1.165, 1.54) is 0 Å². The van der Waals surface area contributed by atoms with Crippen LogP contribution in [0, 0.1) is 5.92 Å². The Balaban J connectivity index is 2.03. The molecule has 0 radical (unpaired) electrons. The van der Waals surface area contributed by atoms with Gasteiger partial charge in [0, 0.05) is 0 Å². The fourth-order valence-electron chi connectivity index (χ4n) is 3.75. The van der Waals surface area contributed by atoms with Gasteiger partial charge in [0.15, 0.2) is 6.04 Å². The topological polar surface area (TPSA) is 125 Å². The molecule has 8 nitrogen and oxygen atoms in total. The van der Waals surface area contributed by atoms with Gasteiger partial charge in [0.1, 0.15) is 5.60 Å². The highest BCUT2D eigenvalue weighted by atomic mass is 16.5. The van der Waals surface area contributed by atoms with Crippen molar-refractivity contribution in [2.45, 2.75) is 43.1 Å². The van der Waals surface area contributed by atoms with Crippen LogP contribution in [0.15, 0.2) is 12.2 Å². The van der Waals surface area contributed by atoms with Crippen LogP contribution < -0.4 is 10.6 Å². The molecule has 4 N–H and O–H groups in total. The third kappa shape index (κ3) is 2.19. The highest BCUT2D eigenvalue weighted by Crippen LogP contribution is 2.46. The summed E-state index contributed by atoms with van der Waals surface area (Å²) in [5.74, 6) is -3.78. The number of carbonyl (C=O) groups is 3. The van der Waals surface area contributed by atoms with Crippen molar-refractivity contribution >= 4 is 17.8 Å². The number of allylic oxidation sites excluding steroid dienone is 1. The third-order valence-electron chi connectivity index (χ3n) is 4.58. The van der Waals surface area contributed by atoms with Crippen LogP contribution in [-0.4, -0.2) is 58.4 Å². The number of nitrogens with one attached hydrogen (secondary N) is 2. The summed E-state index contributed by atoms with van der Waals surface area (Å²) in [4.78, 5) is 35.0. The number of fused-ring (bicyclic) bond motifs is 3. The standard InChI is InChI=1S/C14H18N2O6/c17-8(18)6-14-9(12(19)16-11(14)13(20)21)10-7(22-14)4-2-1-3-5-15-10/h2,4,7,9-11,15H,1,3,5-6H2,(H,16,19)(H,17,18)(H,20,21)/b4-2-/t7-,9+,10+,11-,14+/m0/s1. The molecule has 22 heavy (non-hydrogen) atoms. The summed E-state index contributed by atoms with van der Waals surface area (Å²) in [5.41, 5.74) is -1.56. The number of rotatable bonds is 3. The lowest BCUT2D eigenvalue weighted by molar-refractivity contribution is -0.155. The maximum Gasteiger partial charge on any atom is 0.329 e. The van der Waals surface area contributed by atoms with Crippen LogP contribution in [0.5, 0.6) is 0 Å². The zero-order chi connectivity index (χ0) is 15.9. The Morgan fingerprint density at radius 1 is 1.41 bits per heavy atom. The van der Waals surface area contributed by atoms with Gasteiger partial charge < -0.3 is 25.6 Å². The van der Waals surface area contributed by atoms with E-state index in [2.05, 4.69) is 10.6 Å². The molecule has 0 spiro atoms. The number of carbonyl (C=O) groups excluding carboxylic acids is 1. The number of amides is 1. The van der Waals surface area contributed by atoms with Crippen LogP contribution in [-0.2, 0) is 19.1 Å². The van der Waals surface area contributed by atoms with Gasteiger partial charge in [0.2, 0.25) is 5.91 Å². The molecule has 3 aliphatic heterocycles. The quantitative estimate of drug-likeness (QED) is 0.498. The maximum absolute atomic E-state index is 12.3. The van der Waals surface area contributed by atoms with Gasteiger partial charge in [0.25, 0.3) is 0 Å². The van der Waals surface area contributed by atoms with Gasteiger partial charge in [-0.25, -0.2) is 4.79 Å². The second-order valence-electron chi connectivity index (χ2n) is 5.92. The van der Waals surface area contributed by atoms with E-state index in [-0.39, 0.29) is 0 Å². The third-order valence-corrected chi connectivity index (χ3v) is 4.58. The Morgan fingerprint density at radius 2 is 2.18 bits per heavy atom. The molecular weight excluding hydrogens is 292 g/mol. The van der Waals surface area contributed by atoms with Crippen LogP contribution in [0.3, 0.4) is 0 Å². The van der Waals surface area contributed by atoms with Gasteiger partial charge in [-0.1, -0.05) is 12.2 Å². The number of aliphatic carboxylic acids is 2. The lowest BCUT2D eigenvalue weighted by Crippen LogP contribution is -2.52. The van der Waals surface area contributed by atoms with Crippen LogP contribution in [0.1, 0.15) is 19.3 Å². The highest BCUT2D eigenvalue weighted by molar-refractivity contribution is 5.94. The van der Waals surface area contributed by atoms with Crippen molar-refractivity contribution in [1.29, 1.82) is 0 Å². The van der Waals surface area contributed by atoms with Gasteiger partial charge in [-0.05, 0) is 19.4 Å². The minimum absolute atomic E-state index is 0.416. The first kappa shape index (κ1) is 15.0. The predicted molar refractivity (Wildman–Crippen MR) is 73.1 cm³/mol. The molecule has 0 aliphatic carbocycles. The molecule has 1 amide bonds. The van der Waals surface area contributed by atoms with Crippen molar-refractivity contribution in [1.82, 2.24) is 10.6 Å². The smallest absolute Gasteiger partial charge is 0.329 e. The number of hydrogen-bond donors (Lipinski definition) is 4. The van der Waals surface area contributed by atoms with Crippen LogP contribution in [0.4, 0.5) is 0 Å². The van der Waals surface area contributed by atoms with Crippen molar-refractivity contribution in [3.63, 3.8) is 0 Å². The van der Waals surface area contributed by atoms with E-state index < -0.39 is 54.0 Å². The SMILES string of the molecule is O=C(O)C[C@@]12O[C@H]3/C=C\CCCN[C@H]3[C@@H]1C(=O)N[C@H]2C(=O)O. The van der Waals surface area contributed by atoms with Gasteiger partial charge in [0.05, 0.1) is 24.5 Å². The number of ether oxygens (including phenoxy) is 1. The normalized spacial score (nSPS) is 41.7. The maximum atomic E-state index is 12.3. The average Bonchev–Trinajstić information content (AvgIpc) is 2.82. The Morgan fingerprint density at radius 3 is 2.86 bits per heavy atom. The lowest BCUT2D eigenvalue weighted by atomic mass is 9.79. The Bertz CT molecular complexity index is 547. The molecular formula is C14H18N2O6. The molecule has 0 aromatic rings. The minimum Gasteiger partial charge on any atom is -0.481 e. The summed E-state index contributed by atoms with van der Waals surface area (Å²) in [7, 11) is 0. The van der Waals surface area contributed by atoms with Crippen LogP contribution >= 0.6 is 0 Å². The molecule has 2 saturated heterocycles. The molecule has 0 aromatic heterocycles. The first-order valence-electron chi connectivity index (χ1n) is 7.28. The first-order valence-corrected chi connectivity index (χ1v) is 7.28. The molecule has 3 rings (SSSR count). The molecule has 0 saturated carbocycles. The number of carboxylic acids is 2. The van der Waals surface area contributed by atoms with E-state index in [1.54, 1.807) is 6.08 Å². The zero-order valence-corrected chi connectivity index (χ0v) is 11.8. The summed E-state index contributed by atoms with van der Waals surface area (Å²) >= 11 is 0. The summed E-state index contributed by atoms with van der Waals surface area (Å²) in [5, 5.41) is 24.2. The molecule has 5 atom stereocenters. The fourth-order valence-corrected chi connectivity index (χ4v) is 3.75. The van der Waals surface area contributed by atoms with Crippen molar-refractivity contribution in [3.8, 4) is 0 Å². The molecule has 120 valence electrons. The van der Waals surface area contributed by atoms with Crippen molar-refractivity contribution < 1.29 is 29.3 Å². The largest absolute Gasteiger partial charge is 0.481 e. The number of hydrogen-bond acceptors (Lipinski definition) is 5. The van der Waals surface area contributed by atoms with Gasteiger partial charge >= 0.3 is 11.9 Å². The fraction of sp³-hybridized carbons (Fsp3) is 0.643. The van der Waals surface area contributed by atoms with E-state index in [1.807, 2.05) is 6.08 Å².